The topological polar surface area (TPSA) is 66.9 Å². The molecule has 1 amide bonds. The van der Waals surface area contributed by atoms with Crippen LogP contribution >= 0.6 is 11.3 Å². The van der Waals surface area contributed by atoms with E-state index in [2.05, 4.69) is 20.6 Å². The SMILES string of the molecule is CCCNc1cc(C(F)F)c(-c2sc(C(=O)NC3CCC3)nc2C)cn1. The lowest BCUT2D eigenvalue weighted by molar-refractivity contribution is 0.0916. The van der Waals surface area contributed by atoms with Crippen LogP contribution in [0, 0.1) is 6.92 Å². The van der Waals surface area contributed by atoms with E-state index in [-0.39, 0.29) is 17.5 Å². The van der Waals surface area contributed by atoms with E-state index >= 15 is 0 Å². The van der Waals surface area contributed by atoms with Gasteiger partial charge in [-0.2, -0.15) is 0 Å². The fraction of sp³-hybridized carbons (Fsp3) is 0.500. The summed E-state index contributed by atoms with van der Waals surface area (Å²) in [6, 6.07) is 1.58. The second-order valence-corrected chi connectivity index (χ2v) is 7.42. The summed E-state index contributed by atoms with van der Waals surface area (Å²) >= 11 is 1.14. The van der Waals surface area contributed by atoms with Crippen molar-refractivity contribution < 1.29 is 13.6 Å². The minimum absolute atomic E-state index is 0.101. The molecule has 3 rings (SSSR count). The predicted octanol–water partition coefficient (Wildman–Crippen LogP) is 4.56. The molecule has 1 aliphatic carbocycles. The summed E-state index contributed by atoms with van der Waals surface area (Å²) in [4.78, 5) is 21.4. The molecule has 2 aromatic heterocycles. The molecule has 8 heteroatoms. The highest BCUT2D eigenvalue weighted by Crippen LogP contribution is 2.37. The molecule has 1 saturated carbocycles. The zero-order chi connectivity index (χ0) is 18.7. The van der Waals surface area contributed by atoms with Gasteiger partial charge in [-0.1, -0.05) is 6.92 Å². The van der Waals surface area contributed by atoms with Gasteiger partial charge in [-0.15, -0.1) is 11.3 Å². The molecule has 0 aromatic carbocycles. The van der Waals surface area contributed by atoms with E-state index in [1.165, 1.54) is 12.3 Å². The van der Waals surface area contributed by atoms with Crippen molar-refractivity contribution in [1.82, 2.24) is 15.3 Å². The normalized spacial score (nSPS) is 14.3. The van der Waals surface area contributed by atoms with Gasteiger partial charge in [0.2, 0.25) is 0 Å². The Bertz CT molecular complexity index is 789. The molecule has 0 radical (unpaired) electrons. The third-order valence-corrected chi connectivity index (χ3v) is 5.59. The Labute approximate surface area is 155 Å². The summed E-state index contributed by atoms with van der Waals surface area (Å²) in [5.74, 6) is 0.192. The maximum absolute atomic E-state index is 13.6. The lowest BCUT2D eigenvalue weighted by Crippen LogP contribution is -2.39. The average Bonchev–Trinajstić information content (AvgIpc) is 2.97. The number of nitrogens with one attached hydrogen (secondary N) is 2. The summed E-state index contributed by atoms with van der Waals surface area (Å²) in [6.07, 6.45) is 2.76. The highest BCUT2D eigenvalue weighted by molar-refractivity contribution is 7.17. The highest BCUT2D eigenvalue weighted by Gasteiger charge is 2.25. The zero-order valence-corrected chi connectivity index (χ0v) is 15.6. The summed E-state index contributed by atoms with van der Waals surface area (Å²) in [7, 11) is 0. The molecule has 26 heavy (non-hydrogen) atoms. The number of pyridine rings is 1. The molecule has 1 aliphatic rings. The smallest absolute Gasteiger partial charge is 0.280 e. The Hall–Kier alpha value is -2.09. The van der Waals surface area contributed by atoms with Crippen molar-refractivity contribution in [3.8, 4) is 10.4 Å². The number of hydrogen-bond acceptors (Lipinski definition) is 5. The van der Waals surface area contributed by atoms with E-state index in [4.69, 9.17) is 0 Å². The first kappa shape index (κ1) is 18.7. The number of hydrogen-bond donors (Lipinski definition) is 2. The van der Waals surface area contributed by atoms with Crippen LogP contribution in [0.15, 0.2) is 12.3 Å². The van der Waals surface area contributed by atoms with Gasteiger partial charge in [0.15, 0.2) is 5.01 Å². The van der Waals surface area contributed by atoms with Crippen LogP contribution in [0.2, 0.25) is 0 Å². The maximum atomic E-state index is 13.6. The number of aryl methyl sites for hydroxylation is 1. The number of carbonyl (C=O) groups is 1. The standard InChI is InChI=1S/C18H22F2N4OS/c1-3-7-21-14-8-12(16(19)20)13(9-22-14)15-10(2)23-18(26-15)17(25)24-11-5-4-6-11/h8-9,11,16H,3-7H2,1-2H3,(H,21,22)(H,24,25). The number of rotatable bonds is 7. The first-order chi connectivity index (χ1) is 12.5. The zero-order valence-electron chi connectivity index (χ0n) is 14.8. The Kier molecular flexibility index (Phi) is 5.80. The van der Waals surface area contributed by atoms with Gasteiger partial charge in [-0.05, 0) is 38.7 Å². The number of aromatic nitrogens is 2. The Morgan fingerprint density at radius 1 is 1.42 bits per heavy atom. The van der Waals surface area contributed by atoms with E-state index in [0.717, 1.165) is 37.0 Å². The fourth-order valence-corrected chi connectivity index (χ4v) is 3.74. The number of anilines is 1. The number of amides is 1. The number of nitrogens with zero attached hydrogens (tertiary/aromatic N) is 2. The minimum atomic E-state index is -2.64. The Balaban J connectivity index is 1.88. The van der Waals surface area contributed by atoms with Crippen molar-refractivity contribution in [2.75, 3.05) is 11.9 Å². The maximum Gasteiger partial charge on any atom is 0.280 e. The molecular formula is C18H22F2N4OS. The van der Waals surface area contributed by atoms with Crippen LogP contribution in [0.3, 0.4) is 0 Å². The van der Waals surface area contributed by atoms with Crippen molar-refractivity contribution in [3.05, 3.63) is 28.5 Å². The lowest BCUT2D eigenvalue weighted by Gasteiger charge is -2.25. The number of carbonyl (C=O) groups excluding carboxylic acids is 1. The molecule has 2 aromatic rings. The molecule has 0 aliphatic heterocycles. The molecule has 1 fully saturated rings. The first-order valence-electron chi connectivity index (χ1n) is 8.80. The van der Waals surface area contributed by atoms with Crippen LogP contribution in [0.4, 0.5) is 14.6 Å². The van der Waals surface area contributed by atoms with Gasteiger partial charge in [-0.25, -0.2) is 18.7 Å². The molecule has 0 atom stereocenters. The minimum Gasteiger partial charge on any atom is -0.370 e. The van der Waals surface area contributed by atoms with Gasteiger partial charge >= 0.3 is 0 Å². The molecule has 2 N–H and O–H groups in total. The summed E-state index contributed by atoms with van der Waals surface area (Å²) in [5, 5.41) is 6.25. The van der Waals surface area contributed by atoms with Crippen LogP contribution in [-0.4, -0.2) is 28.5 Å². The fourth-order valence-electron chi connectivity index (χ4n) is 2.73. The average molecular weight is 380 g/mol. The van der Waals surface area contributed by atoms with E-state index in [0.29, 0.717) is 33.5 Å². The van der Waals surface area contributed by atoms with E-state index in [1.54, 1.807) is 6.92 Å². The van der Waals surface area contributed by atoms with Gasteiger partial charge in [-0.3, -0.25) is 4.79 Å². The third kappa shape index (κ3) is 4.00. The Morgan fingerprint density at radius 2 is 2.19 bits per heavy atom. The monoisotopic (exact) mass is 380 g/mol. The molecule has 0 unspecified atom stereocenters. The van der Waals surface area contributed by atoms with Crippen LogP contribution in [0.1, 0.15) is 60.1 Å². The summed E-state index contributed by atoms with van der Waals surface area (Å²) in [5.41, 5.74) is 0.794. The van der Waals surface area contributed by atoms with Crippen molar-refractivity contribution in [1.29, 1.82) is 0 Å². The molecule has 140 valence electrons. The van der Waals surface area contributed by atoms with Crippen molar-refractivity contribution in [2.45, 2.75) is 52.0 Å². The number of alkyl halides is 2. The van der Waals surface area contributed by atoms with Crippen LogP contribution in [0.5, 0.6) is 0 Å². The van der Waals surface area contributed by atoms with E-state index < -0.39 is 6.43 Å². The van der Waals surface area contributed by atoms with Crippen LogP contribution in [0.25, 0.3) is 10.4 Å². The number of thiazole rings is 1. The molecule has 2 heterocycles. The Morgan fingerprint density at radius 3 is 2.81 bits per heavy atom. The summed E-state index contributed by atoms with van der Waals surface area (Å²) in [6.45, 7) is 4.39. The first-order valence-corrected chi connectivity index (χ1v) is 9.61. The molecule has 0 spiro atoms. The van der Waals surface area contributed by atoms with Gasteiger partial charge in [0.05, 0.1) is 10.6 Å². The van der Waals surface area contributed by atoms with Crippen molar-refractivity contribution in [2.24, 2.45) is 0 Å². The quantitative estimate of drug-likeness (QED) is 0.739. The molecule has 0 saturated heterocycles. The second kappa shape index (κ2) is 8.07. The van der Waals surface area contributed by atoms with Crippen LogP contribution < -0.4 is 10.6 Å². The van der Waals surface area contributed by atoms with Gasteiger partial charge in [0, 0.05) is 29.9 Å². The highest BCUT2D eigenvalue weighted by atomic mass is 32.1. The third-order valence-electron chi connectivity index (χ3n) is 4.40. The molecule has 0 bridgehead atoms. The molecule has 5 nitrogen and oxygen atoms in total. The van der Waals surface area contributed by atoms with Gasteiger partial charge in [0.1, 0.15) is 5.82 Å². The van der Waals surface area contributed by atoms with Gasteiger partial charge in [0.25, 0.3) is 12.3 Å². The van der Waals surface area contributed by atoms with E-state index in [9.17, 15) is 13.6 Å². The second-order valence-electron chi connectivity index (χ2n) is 6.42. The largest absolute Gasteiger partial charge is 0.370 e. The van der Waals surface area contributed by atoms with Crippen molar-refractivity contribution >= 4 is 23.1 Å². The van der Waals surface area contributed by atoms with Gasteiger partial charge < -0.3 is 10.6 Å². The predicted molar refractivity (Wildman–Crippen MR) is 98.9 cm³/mol. The number of halogens is 2. The van der Waals surface area contributed by atoms with E-state index in [1.807, 2.05) is 6.92 Å². The summed E-state index contributed by atoms with van der Waals surface area (Å²) < 4.78 is 27.2. The lowest BCUT2D eigenvalue weighted by atomic mass is 9.93. The van der Waals surface area contributed by atoms with Crippen LogP contribution in [-0.2, 0) is 0 Å². The van der Waals surface area contributed by atoms with Crippen molar-refractivity contribution in [3.63, 3.8) is 0 Å². The molecular weight excluding hydrogens is 358 g/mol.